The first-order valence-corrected chi connectivity index (χ1v) is 9.38. The first-order chi connectivity index (χ1) is 13.3. The normalized spacial score (nSPS) is 15.4. The van der Waals surface area contributed by atoms with Crippen LogP contribution in [0.5, 0.6) is 0 Å². The highest BCUT2D eigenvalue weighted by atomic mass is 15.3. The Labute approximate surface area is 160 Å². The maximum absolute atomic E-state index is 4.44. The lowest BCUT2D eigenvalue weighted by atomic mass is 9.96. The average Bonchev–Trinajstić information content (AvgIpc) is 3.38. The Morgan fingerprint density at radius 2 is 1.74 bits per heavy atom. The number of benzene rings is 2. The summed E-state index contributed by atoms with van der Waals surface area (Å²) in [6.07, 6.45) is 6.39. The lowest BCUT2D eigenvalue weighted by molar-refractivity contribution is 0.645. The van der Waals surface area contributed by atoms with Crippen molar-refractivity contribution in [2.24, 2.45) is 4.99 Å². The van der Waals surface area contributed by atoms with Crippen LogP contribution in [0.25, 0.3) is 5.69 Å². The second-order valence-electron chi connectivity index (χ2n) is 7.05. The summed E-state index contributed by atoms with van der Waals surface area (Å²) in [5, 5.41) is 11.3. The molecule has 1 aliphatic carbocycles. The van der Waals surface area contributed by atoms with E-state index in [0.717, 1.165) is 23.8 Å². The summed E-state index contributed by atoms with van der Waals surface area (Å²) in [6.45, 7) is 1.59. The topological polar surface area (TPSA) is 54.2 Å². The van der Waals surface area contributed by atoms with E-state index >= 15 is 0 Å². The van der Waals surface area contributed by atoms with Gasteiger partial charge in [-0.15, -0.1) is 0 Å². The molecule has 1 aliphatic rings. The molecule has 0 radical (unpaired) electrons. The van der Waals surface area contributed by atoms with Crippen molar-refractivity contribution in [1.29, 1.82) is 0 Å². The Balaban J connectivity index is 1.32. The van der Waals surface area contributed by atoms with E-state index in [9.17, 15) is 0 Å². The SMILES string of the molecule is CN=C(NCc1cnn(-c2ccccc2)c1)NCC1(c2ccccc2)CC1. The summed E-state index contributed by atoms with van der Waals surface area (Å²) in [4.78, 5) is 4.36. The maximum Gasteiger partial charge on any atom is 0.191 e. The molecule has 4 rings (SSSR count). The van der Waals surface area contributed by atoms with Crippen molar-refractivity contribution in [2.75, 3.05) is 13.6 Å². The van der Waals surface area contributed by atoms with E-state index in [0.29, 0.717) is 6.54 Å². The van der Waals surface area contributed by atoms with Gasteiger partial charge in [0.25, 0.3) is 0 Å². The third-order valence-corrected chi connectivity index (χ3v) is 5.17. The number of para-hydroxylation sites is 1. The molecule has 27 heavy (non-hydrogen) atoms. The predicted molar refractivity (Wildman–Crippen MR) is 109 cm³/mol. The van der Waals surface area contributed by atoms with Gasteiger partial charge in [0.2, 0.25) is 0 Å². The third-order valence-electron chi connectivity index (χ3n) is 5.17. The number of aliphatic imine (C=N–C) groups is 1. The van der Waals surface area contributed by atoms with Crippen LogP contribution in [0.3, 0.4) is 0 Å². The van der Waals surface area contributed by atoms with Gasteiger partial charge in [-0.3, -0.25) is 4.99 Å². The summed E-state index contributed by atoms with van der Waals surface area (Å²) >= 11 is 0. The van der Waals surface area contributed by atoms with Crippen LogP contribution < -0.4 is 10.6 Å². The summed E-state index contributed by atoms with van der Waals surface area (Å²) in [5.74, 6) is 0.824. The minimum absolute atomic E-state index is 0.261. The Bertz CT molecular complexity index is 895. The molecule has 1 fully saturated rings. The van der Waals surface area contributed by atoms with Crippen LogP contribution in [0.1, 0.15) is 24.0 Å². The van der Waals surface area contributed by atoms with Gasteiger partial charge in [0.15, 0.2) is 5.96 Å². The largest absolute Gasteiger partial charge is 0.356 e. The molecule has 0 aliphatic heterocycles. The second-order valence-corrected chi connectivity index (χ2v) is 7.05. The molecule has 0 amide bonds. The van der Waals surface area contributed by atoms with Crippen molar-refractivity contribution in [3.8, 4) is 5.69 Å². The number of nitrogens with one attached hydrogen (secondary N) is 2. The van der Waals surface area contributed by atoms with Gasteiger partial charge in [-0.25, -0.2) is 4.68 Å². The van der Waals surface area contributed by atoms with E-state index in [1.807, 2.05) is 54.5 Å². The molecule has 1 aromatic heterocycles. The van der Waals surface area contributed by atoms with Crippen LogP contribution in [-0.2, 0) is 12.0 Å². The average molecular weight is 359 g/mol. The van der Waals surface area contributed by atoms with Gasteiger partial charge in [0.1, 0.15) is 0 Å². The quantitative estimate of drug-likeness (QED) is 0.525. The van der Waals surface area contributed by atoms with Gasteiger partial charge in [-0.05, 0) is 30.5 Å². The zero-order chi connectivity index (χ0) is 18.5. The Hall–Kier alpha value is -3.08. The summed E-state index contributed by atoms with van der Waals surface area (Å²) in [7, 11) is 1.81. The molecule has 0 unspecified atom stereocenters. The third kappa shape index (κ3) is 4.03. The smallest absolute Gasteiger partial charge is 0.191 e. The maximum atomic E-state index is 4.44. The fraction of sp³-hybridized carbons (Fsp3) is 0.273. The molecule has 5 heteroatoms. The molecule has 5 nitrogen and oxygen atoms in total. The van der Waals surface area contributed by atoms with Crippen LogP contribution in [0.2, 0.25) is 0 Å². The number of rotatable bonds is 6. The minimum Gasteiger partial charge on any atom is -0.356 e. The Morgan fingerprint density at radius 3 is 2.41 bits per heavy atom. The van der Waals surface area contributed by atoms with Gasteiger partial charge >= 0.3 is 0 Å². The van der Waals surface area contributed by atoms with Gasteiger partial charge in [0, 0.05) is 37.3 Å². The molecule has 1 heterocycles. The molecule has 2 aromatic carbocycles. The van der Waals surface area contributed by atoms with Crippen molar-refractivity contribution in [2.45, 2.75) is 24.8 Å². The Kier molecular flexibility index (Phi) is 4.92. The first kappa shape index (κ1) is 17.3. The van der Waals surface area contributed by atoms with Crippen LogP contribution in [-0.4, -0.2) is 29.3 Å². The fourth-order valence-corrected chi connectivity index (χ4v) is 3.34. The summed E-state index contributed by atoms with van der Waals surface area (Å²) in [5.41, 5.74) is 3.85. The number of hydrogen-bond acceptors (Lipinski definition) is 2. The molecule has 0 atom stereocenters. The molecule has 3 aromatic rings. The lowest BCUT2D eigenvalue weighted by Gasteiger charge is -2.19. The fourth-order valence-electron chi connectivity index (χ4n) is 3.34. The van der Waals surface area contributed by atoms with Crippen molar-refractivity contribution < 1.29 is 0 Å². The summed E-state index contributed by atoms with van der Waals surface area (Å²) < 4.78 is 1.89. The van der Waals surface area contributed by atoms with Gasteiger partial charge in [-0.2, -0.15) is 5.10 Å². The molecule has 2 N–H and O–H groups in total. The standard InChI is InChI=1S/C22H25N5/c1-23-21(25-17-22(12-13-22)19-8-4-2-5-9-19)24-14-18-15-26-27(16-18)20-10-6-3-7-11-20/h2-11,15-16H,12-14,17H2,1H3,(H2,23,24,25). The van der Waals surface area contributed by atoms with Crippen molar-refractivity contribution >= 4 is 5.96 Å². The molecular formula is C22H25N5. The van der Waals surface area contributed by atoms with Crippen LogP contribution in [0.4, 0.5) is 0 Å². The van der Waals surface area contributed by atoms with E-state index in [1.54, 1.807) is 0 Å². The number of guanidine groups is 1. The molecule has 1 saturated carbocycles. The number of aromatic nitrogens is 2. The first-order valence-electron chi connectivity index (χ1n) is 9.38. The zero-order valence-corrected chi connectivity index (χ0v) is 15.6. The molecular weight excluding hydrogens is 334 g/mol. The summed E-state index contributed by atoms with van der Waals surface area (Å²) in [6, 6.07) is 20.9. The van der Waals surface area contributed by atoms with Crippen molar-refractivity contribution in [1.82, 2.24) is 20.4 Å². The molecule has 0 bridgehead atoms. The second kappa shape index (κ2) is 7.66. The van der Waals surface area contributed by atoms with Crippen LogP contribution in [0, 0.1) is 0 Å². The van der Waals surface area contributed by atoms with E-state index in [-0.39, 0.29) is 5.41 Å². The van der Waals surface area contributed by atoms with Crippen molar-refractivity contribution in [3.63, 3.8) is 0 Å². The van der Waals surface area contributed by atoms with E-state index in [2.05, 4.69) is 51.1 Å². The van der Waals surface area contributed by atoms with Crippen LogP contribution >= 0.6 is 0 Å². The monoisotopic (exact) mass is 359 g/mol. The number of hydrogen-bond donors (Lipinski definition) is 2. The van der Waals surface area contributed by atoms with Gasteiger partial charge in [-0.1, -0.05) is 48.5 Å². The zero-order valence-electron chi connectivity index (χ0n) is 15.6. The minimum atomic E-state index is 0.261. The highest BCUT2D eigenvalue weighted by Gasteiger charge is 2.43. The molecule has 0 saturated heterocycles. The van der Waals surface area contributed by atoms with Crippen molar-refractivity contribution in [3.05, 3.63) is 84.2 Å². The van der Waals surface area contributed by atoms with Crippen LogP contribution in [0.15, 0.2) is 78.0 Å². The molecule has 0 spiro atoms. The van der Waals surface area contributed by atoms with Gasteiger partial charge < -0.3 is 10.6 Å². The highest BCUT2D eigenvalue weighted by molar-refractivity contribution is 5.79. The molecule has 138 valence electrons. The van der Waals surface area contributed by atoms with E-state index in [4.69, 9.17) is 0 Å². The number of nitrogens with zero attached hydrogens (tertiary/aromatic N) is 3. The Morgan fingerprint density at radius 1 is 1.04 bits per heavy atom. The van der Waals surface area contributed by atoms with E-state index < -0.39 is 0 Å². The van der Waals surface area contributed by atoms with E-state index in [1.165, 1.54) is 18.4 Å². The predicted octanol–water partition coefficient (Wildman–Crippen LogP) is 3.27. The lowest BCUT2D eigenvalue weighted by Crippen LogP contribution is -2.40. The van der Waals surface area contributed by atoms with Gasteiger partial charge in [0.05, 0.1) is 11.9 Å². The highest BCUT2D eigenvalue weighted by Crippen LogP contribution is 2.47.